The quantitative estimate of drug-likeness (QED) is 0.648. The highest BCUT2D eigenvalue weighted by Crippen LogP contribution is 1.97. The predicted molar refractivity (Wildman–Crippen MR) is 57.9 cm³/mol. The highest BCUT2D eigenvalue weighted by atomic mass is 35.5. The molecule has 0 saturated heterocycles. The summed E-state index contributed by atoms with van der Waals surface area (Å²) in [5.41, 5.74) is 0. The third-order valence-electron chi connectivity index (χ3n) is 1.62. The Morgan fingerprint density at radius 2 is 2.13 bits per heavy atom. The lowest BCUT2D eigenvalue weighted by Crippen LogP contribution is -2.46. The van der Waals surface area contributed by atoms with Crippen LogP contribution in [0.5, 0.6) is 0 Å². The highest BCUT2D eigenvalue weighted by molar-refractivity contribution is 6.29. The van der Waals surface area contributed by atoms with E-state index in [9.17, 15) is 9.59 Å². The van der Waals surface area contributed by atoms with Crippen molar-refractivity contribution in [3.05, 3.63) is 11.6 Å². The SMILES string of the molecule is C=C(Cl)CNC(=O)NC(CCC)C(=O)O. The van der Waals surface area contributed by atoms with Crippen molar-refractivity contribution in [2.75, 3.05) is 6.54 Å². The number of urea groups is 1. The number of nitrogens with one attached hydrogen (secondary N) is 2. The molecule has 0 aromatic heterocycles. The van der Waals surface area contributed by atoms with Crippen molar-refractivity contribution in [1.29, 1.82) is 0 Å². The van der Waals surface area contributed by atoms with Crippen molar-refractivity contribution in [2.24, 2.45) is 0 Å². The Balaban J connectivity index is 3.99. The molecule has 15 heavy (non-hydrogen) atoms. The minimum Gasteiger partial charge on any atom is -0.480 e. The van der Waals surface area contributed by atoms with E-state index in [0.717, 1.165) is 0 Å². The molecule has 0 aliphatic heterocycles. The molecule has 86 valence electrons. The molecule has 0 bridgehead atoms. The monoisotopic (exact) mass is 234 g/mol. The molecule has 1 atom stereocenters. The van der Waals surface area contributed by atoms with E-state index < -0.39 is 18.0 Å². The largest absolute Gasteiger partial charge is 0.480 e. The Morgan fingerprint density at radius 3 is 2.53 bits per heavy atom. The fourth-order valence-electron chi connectivity index (χ4n) is 0.932. The molecule has 0 aromatic carbocycles. The lowest BCUT2D eigenvalue weighted by atomic mass is 10.2. The fourth-order valence-corrected chi connectivity index (χ4v) is 0.998. The minimum atomic E-state index is -1.04. The molecule has 0 aliphatic rings. The average molecular weight is 235 g/mol. The molecule has 6 heteroatoms. The first-order chi connectivity index (χ1) is 6.97. The van der Waals surface area contributed by atoms with Gasteiger partial charge in [-0.15, -0.1) is 0 Å². The predicted octanol–water partition coefficient (Wildman–Crippen LogP) is 1.29. The summed E-state index contributed by atoms with van der Waals surface area (Å²) in [5.74, 6) is -1.04. The van der Waals surface area contributed by atoms with Crippen molar-refractivity contribution in [3.8, 4) is 0 Å². The zero-order valence-electron chi connectivity index (χ0n) is 8.55. The normalized spacial score (nSPS) is 11.6. The second kappa shape index (κ2) is 7.11. The maximum absolute atomic E-state index is 11.2. The van der Waals surface area contributed by atoms with Crippen LogP contribution in [-0.4, -0.2) is 29.7 Å². The van der Waals surface area contributed by atoms with E-state index in [1.54, 1.807) is 0 Å². The van der Waals surface area contributed by atoms with Gasteiger partial charge in [-0.05, 0) is 6.42 Å². The Hall–Kier alpha value is -1.23. The summed E-state index contributed by atoms with van der Waals surface area (Å²) in [6, 6.07) is -1.42. The van der Waals surface area contributed by atoms with Gasteiger partial charge in [0.1, 0.15) is 6.04 Å². The second-order valence-corrected chi connectivity index (χ2v) is 3.56. The first-order valence-electron chi connectivity index (χ1n) is 4.57. The van der Waals surface area contributed by atoms with Crippen LogP contribution >= 0.6 is 11.6 Å². The number of aliphatic carboxylic acids is 1. The van der Waals surface area contributed by atoms with Gasteiger partial charge in [-0.1, -0.05) is 31.5 Å². The molecule has 5 nitrogen and oxygen atoms in total. The van der Waals surface area contributed by atoms with Crippen molar-refractivity contribution >= 4 is 23.6 Å². The lowest BCUT2D eigenvalue weighted by Gasteiger charge is -2.13. The third kappa shape index (κ3) is 6.79. The summed E-state index contributed by atoms with van der Waals surface area (Å²) in [5, 5.41) is 13.7. The van der Waals surface area contributed by atoms with Crippen LogP contribution in [0.2, 0.25) is 0 Å². The van der Waals surface area contributed by atoms with Crippen LogP contribution in [0.1, 0.15) is 19.8 Å². The molecule has 0 aromatic rings. The maximum Gasteiger partial charge on any atom is 0.326 e. The molecule has 3 N–H and O–H groups in total. The number of hydrogen-bond donors (Lipinski definition) is 3. The number of carbonyl (C=O) groups excluding carboxylic acids is 1. The molecule has 0 spiro atoms. The molecular formula is C9H15ClN2O3. The van der Waals surface area contributed by atoms with Crippen LogP contribution in [0.4, 0.5) is 4.79 Å². The van der Waals surface area contributed by atoms with E-state index in [4.69, 9.17) is 16.7 Å². The molecule has 0 rings (SSSR count). The number of halogens is 1. The average Bonchev–Trinajstić information content (AvgIpc) is 2.14. The van der Waals surface area contributed by atoms with Crippen molar-refractivity contribution in [1.82, 2.24) is 10.6 Å². The molecular weight excluding hydrogens is 220 g/mol. The summed E-state index contributed by atoms with van der Waals surface area (Å²) in [4.78, 5) is 21.8. The van der Waals surface area contributed by atoms with Gasteiger partial charge in [-0.2, -0.15) is 0 Å². The van der Waals surface area contributed by atoms with E-state index >= 15 is 0 Å². The van der Waals surface area contributed by atoms with Gasteiger partial charge in [-0.25, -0.2) is 9.59 Å². The van der Waals surface area contributed by atoms with Gasteiger partial charge in [0.2, 0.25) is 0 Å². The number of carbonyl (C=O) groups is 2. The van der Waals surface area contributed by atoms with Crippen molar-refractivity contribution in [2.45, 2.75) is 25.8 Å². The van der Waals surface area contributed by atoms with E-state index in [-0.39, 0.29) is 11.6 Å². The first-order valence-corrected chi connectivity index (χ1v) is 4.95. The molecule has 0 aliphatic carbocycles. The number of hydrogen-bond acceptors (Lipinski definition) is 2. The van der Waals surface area contributed by atoms with Gasteiger partial charge in [-0.3, -0.25) is 0 Å². The van der Waals surface area contributed by atoms with Crippen LogP contribution < -0.4 is 10.6 Å². The smallest absolute Gasteiger partial charge is 0.326 e. The minimum absolute atomic E-state index is 0.117. The molecule has 2 amide bonds. The van der Waals surface area contributed by atoms with Gasteiger partial charge in [0, 0.05) is 5.03 Å². The second-order valence-electron chi connectivity index (χ2n) is 3.02. The Labute approximate surface area is 93.5 Å². The van der Waals surface area contributed by atoms with Gasteiger partial charge >= 0.3 is 12.0 Å². The summed E-state index contributed by atoms with van der Waals surface area (Å²) >= 11 is 5.43. The Morgan fingerprint density at radius 1 is 1.53 bits per heavy atom. The summed E-state index contributed by atoms with van der Waals surface area (Å²) in [7, 11) is 0. The standard InChI is InChI=1S/C9H15ClN2O3/c1-3-4-7(8(13)14)12-9(15)11-5-6(2)10/h7H,2-5H2,1H3,(H,13,14)(H2,11,12,15). The molecule has 0 heterocycles. The van der Waals surface area contributed by atoms with Gasteiger partial charge < -0.3 is 15.7 Å². The van der Waals surface area contributed by atoms with Crippen LogP contribution in [0.3, 0.4) is 0 Å². The van der Waals surface area contributed by atoms with Crippen molar-refractivity contribution < 1.29 is 14.7 Å². The van der Waals surface area contributed by atoms with Crippen molar-refractivity contribution in [3.63, 3.8) is 0 Å². The Kier molecular flexibility index (Phi) is 6.53. The molecule has 0 fully saturated rings. The summed E-state index contributed by atoms with van der Waals surface area (Å²) < 4.78 is 0. The highest BCUT2D eigenvalue weighted by Gasteiger charge is 2.18. The van der Waals surface area contributed by atoms with Crippen LogP contribution in [0.15, 0.2) is 11.6 Å². The van der Waals surface area contributed by atoms with E-state index in [1.807, 2.05) is 6.92 Å². The van der Waals surface area contributed by atoms with Crippen LogP contribution in [0, 0.1) is 0 Å². The van der Waals surface area contributed by atoms with E-state index in [2.05, 4.69) is 17.2 Å². The topological polar surface area (TPSA) is 78.4 Å². The van der Waals surface area contributed by atoms with Crippen LogP contribution in [-0.2, 0) is 4.79 Å². The van der Waals surface area contributed by atoms with Gasteiger partial charge in [0.15, 0.2) is 0 Å². The molecule has 0 saturated carbocycles. The third-order valence-corrected chi connectivity index (χ3v) is 1.76. The number of carboxylic acid groups (broad SMARTS) is 1. The molecule has 1 unspecified atom stereocenters. The van der Waals surface area contributed by atoms with Gasteiger partial charge in [0.25, 0.3) is 0 Å². The Bertz CT molecular complexity index is 256. The molecule has 0 radical (unpaired) electrons. The summed E-state index contributed by atoms with van der Waals surface area (Å²) in [6.07, 6.45) is 1.07. The maximum atomic E-state index is 11.2. The lowest BCUT2D eigenvalue weighted by molar-refractivity contribution is -0.139. The number of rotatable bonds is 6. The van der Waals surface area contributed by atoms with E-state index in [1.165, 1.54) is 0 Å². The van der Waals surface area contributed by atoms with E-state index in [0.29, 0.717) is 12.8 Å². The summed E-state index contributed by atoms with van der Waals surface area (Å²) in [6.45, 7) is 5.34. The fraction of sp³-hybridized carbons (Fsp3) is 0.556. The van der Waals surface area contributed by atoms with Crippen LogP contribution in [0.25, 0.3) is 0 Å². The zero-order valence-corrected chi connectivity index (χ0v) is 9.30. The van der Waals surface area contributed by atoms with Gasteiger partial charge in [0.05, 0.1) is 6.54 Å². The number of carboxylic acids is 1. The zero-order chi connectivity index (χ0) is 11.8. The first kappa shape index (κ1) is 13.8. The number of amides is 2.